The van der Waals surface area contributed by atoms with E-state index in [9.17, 15) is 19.1 Å². The molecule has 0 spiro atoms. The quantitative estimate of drug-likeness (QED) is 0.132. The fraction of sp³-hybridized carbons (Fsp3) is 0.250. The normalized spacial score (nSPS) is 13.9. The Kier molecular flexibility index (Phi) is 9.69. The number of aromatic nitrogens is 3. The number of nitrogens with two attached hydrogens (primary N) is 1. The summed E-state index contributed by atoms with van der Waals surface area (Å²) in [6.07, 6.45) is 1.79. The smallest absolute Gasteiger partial charge is 0.251 e. The van der Waals surface area contributed by atoms with Gasteiger partial charge in [0.1, 0.15) is 34.1 Å². The first kappa shape index (κ1) is 34.0. The second kappa shape index (κ2) is 13.9. The molecule has 1 fully saturated rings. The summed E-state index contributed by atoms with van der Waals surface area (Å²) in [6, 6.07) is 17.8. The molecule has 0 aliphatic heterocycles. The molecule has 13 heteroatoms. The Morgan fingerprint density at radius 2 is 1.82 bits per heavy atom. The molecule has 10 nitrogen and oxygen atoms in total. The summed E-state index contributed by atoms with van der Waals surface area (Å²) in [5.41, 5.74) is 6.31. The molecule has 0 unspecified atom stereocenters. The van der Waals surface area contributed by atoms with Crippen molar-refractivity contribution in [2.75, 3.05) is 20.3 Å². The minimum Gasteiger partial charge on any atom is -0.494 e. The Morgan fingerprint density at radius 3 is 2.49 bits per heavy atom. The van der Waals surface area contributed by atoms with Gasteiger partial charge in [-0.2, -0.15) is 5.10 Å². The number of fused-ring (bicyclic) bond motifs is 1. The van der Waals surface area contributed by atoms with Crippen LogP contribution < -0.4 is 20.5 Å². The third kappa shape index (κ3) is 6.87. The van der Waals surface area contributed by atoms with Gasteiger partial charge >= 0.3 is 0 Å². The summed E-state index contributed by atoms with van der Waals surface area (Å²) in [5.74, 6) is -1.04. The van der Waals surface area contributed by atoms with E-state index < -0.39 is 23.2 Å². The van der Waals surface area contributed by atoms with Gasteiger partial charge in [0.15, 0.2) is 0 Å². The number of halogens is 3. The number of hydrogen-bond donors (Lipinski definition) is 3. The SMILES string of the molecule is CCOc1c(CC(N)=O)cc([C@@](O)(CNC(=O)c2cc(OC)c3nnc(C4CC4)cc3c2)c2ccccc2)nc1-c1ccc(F)c(Cl)c1Cl. The van der Waals surface area contributed by atoms with E-state index in [0.29, 0.717) is 33.7 Å². The van der Waals surface area contributed by atoms with Crippen molar-refractivity contribution in [1.82, 2.24) is 20.5 Å². The van der Waals surface area contributed by atoms with Crippen molar-refractivity contribution in [3.63, 3.8) is 0 Å². The lowest BCUT2D eigenvalue weighted by Crippen LogP contribution is -2.42. The van der Waals surface area contributed by atoms with Crippen LogP contribution in [0.25, 0.3) is 22.2 Å². The number of hydrogen-bond acceptors (Lipinski definition) is 8. The Bertz CT molecular complexity index is 2080. The lowest BCUT2D eigenvalue weighted by Gasteiger charge is -2.30. The number of ether oxygens (including phenoxy) is 2. The van der Waals surface area contributed by atoms with Gasteiger partial charge < -0.3 is 25.6 Å². The number of rotatable bonds is 12. The van der Waals surface area contributed by atoms with E-state index in [-0.39, 0.29) is 57.9 Å². The fourth-order valence-corrected chi connectivity index (χ4v) is 6.09. The molecule has 1 atom stereocenters. The molecule has 49 heavy (non-hydrogen) atoms. The van der Waals surface area contributed by atoms with Gasteiger partial charge in [-0.3, -0.25) is 9.59 Å². The summed E-state index contributed by atoms with van der Waals surface area (Å²) in [4.78, 5) is 30.8. The first-order valence-corrected chi connectivity index (χ1v) is 16.3. The lowest BCUT2D eigenvalue weighted by molar-refractivity contribution is -0.117. The molecule has 0 saturated heterocycles. The molecule has 5 aromatic rings. The molecule has 2 aromatic heterocycles. The Labute approximate surface area is 291 Å². The van der Waals surface area contributed by atoms with Crippen LogP contribution in [0.5, 0.6) is 11.5 Å². The van der Waals surface area contributed by atoms with Gasteiger partial charge in [0, 0.05) is 28.0 Å². The molecule has 6 rings (SSSR count). The van der Waals surface area contributed by atoms with E-state index in [1.165, 1.54) is 19.2 Å². The topological polar surface area (TPSA) is 150 Å². The molecule has 2 heterocycles. The van der Waals surface area contributed by atoms with Crippen LogP contribution in [-0.2, 0) is 16.8 Å². The zero-order chi connectivity index (χ0) is 34.9. The van der Waals surface area contributed by atoms with Crippen LogP contribution in [0.1, 0.15) is 58.6 Å². The number of carbonyl (C=O) groups excluding carboxylic acids is 2. The highest BCUT2D eigenvalue weighted by Gasteiger charge is 2.36. The van der Waals surface area contributed by atoms with Crippen molar-refractivity contribution in [1.29, 1.82) is 0 Å². The Balaban J connectivity index is 1.46. The van der Waals surface area contributed by atoms with Gasteiger partial charge in [-0.25, -0.2) is 9.37 Å². The number of nitrogens with one attached hydrogen (secondary N) is 1. The summed E-state index contributed by atoms with van der Waals surface area (Å²) >= 11 is 12.7. The van der Waals surface area contributed by atoms with Crippen LogP contribution in [0, 0.1) is 5.82 Å². The molecule has 0 bridgehead atoms. The average Bonchev–Trinajstić information content (AvgIpc) is 3.96. The molecule has 1 saturated carbocycles. The molecule has 0 radical (unpaired) electrons. The zero-order valence-electron chi connectivity index (χ0n) is 26.6. The van der Waals surface area contributed by atoms with Gasteiger partial charge in [0.2, 0.25) is 5.91 Å². The third-order valence-corrected chi connectivity index (χ3v) is 9.18. The van der Waals surface area contributed by atoms with E-state index >= 15 is 0 Å². The van der Waals surface area contributed by atoms with Crippen molar-refractivity contribution >= 4 is 45.9 Å². The van der Waals surface area contributed by atoms with Crippen LogP contribution in [0.15, 0.2) is 66.7 Å². The minimum absolute atomic E-state index is 0.0330. The lowest BCUT2D eigenvalue weighted by atomic mass is 9.87. The number of carbonyl (C=O) groups is 2. The maximum absolute atomic E-state index is 14.3. The van der Waals surface area contributed by atoms with E-state index in [4.69, 9.17) is 43.4 Å². The second-order valence-corrected chi connectivity index (χ2v) is 12.5. The van der Waals surface area contributed by atoms with Crippen LogP contribution in [0.4, 0.5) is 4.39 Å². The van der Waals surface area contributed by atoms with Crippen molar-refractivity contribution in [2.45, 2.75) is 37.7 Å². The highest BCUT2D eigenvalue weighted by Crippen LogP contribution is 2.43. The molecule has 4 N–H and O–H groups in total. The maximum atomic E-state index is 14.3. The maximum Gasteiger partial charge on any atom is 0.251 e. The number of pyridine rings is 1. The van der Waals surface area contributed by atoms with Crippen molar-refractivity contribution in [3.8, 4) is 22.8 Å². The number of aliphatic hydroxyl groups is 1. The number of amides is 2. The first-order valence-electron chi connectivity index (χ1n) is 15.5. The highest BCUT2D eigenvalue weighted by atomic mass is 35.5. The minimum atomic E-state index is -1.97. The molecular formula is C36H32Cl2FN5O5. The standard InChI is InChI=1S/C36H32Cl2FN5O5/c1-3-49-34-21(17-29(40)45)16-28(42-33(34)24-11-12-25(39)31(38)30(24)37)36(47,23-7-5-4-6-8-23)18-41-35(46)22-13-20-14-26(19-9-10-19)43-44-32(20)27(15-22)48-2/h4-8,11-16,19,47H,3,9-10,17-18H2,1-2H3,(H2,40,45)(H,41,46)/t36-/m1/s1. The number of methoxy groups -OCH3 is 1. The molecular weight excluding hydrogens is 672 g/mol. The monoisotopic (exact) mass is 703 g/mol. The molecule has 1 aliphatic rings. The number of primary amides is 1. The third-order valence-electron chi connectivity index (χ3n) is 8.32. The van der Waals surface area contributed by atoms with Crippen LogP contribution in [0.2, 0.25) is 10.0 Å². The largest absolute Gasteiger partial charge is 0.494 e. The van der Waals surface area contributed by atoms with Crippen molar-refractivity contribution in [2.24, 2.45) is 5.73 Å². The Hall–Kier alpha value is -4.84. The molecule has 252 valence electrons. The summed E-state index contributed by atoms with van der Waals surface area (Å²) in [5, 5.41) is 24.3. The summed E-state index contributed by atoms with van der Waals surface area (Å²) < 4.78 is 25.8. The van der Waals surface area contributed by atoms with Gasteiger partial charge in [-0.15, -0.1) is 5.10 Å². The molecule has 3 aromatic carbocycles. The first-order chi connectivity index (χ1) is 23.5. The van der Waals surface area contributed by atoms with Crippen LogP contribution in [0.3, 0.4) is 0 Å². The van der Waals surface area contributed by atoms with Crippen LogP contribution in [-0.4, -0.2) is 52.4 Å². The fourth-order valence-electron chi connectivity index (χ4n) is 5.69. The van der Waals surface area contributed by atoms with Gasteiger partial charge in [-0.05, 0) is 61.7 Å². The van der Waals surface area contributed by atoms with Gasteiger partial charge in [0.25, 0.3) is 5.91 Å². The molecule has 1 aliphatic carbocycles. The summed E-state index contributed by atoms with van der Waals surface area (Å²) in [6.45, 7) is 1.56. The van der Waals surface area contributed by atoms with E-state index in [1.54, 1.807) is 49.4 Å². The van der Waals surface area contributed by atoms with E-state index in [1.807, 2.05) is 6.07 Å². The van der Waals surface area contributed by atoms with Crippen molar-refractivity contribution < 1.29 is 28.6 Å². The molecule has 2 amide bonds. The van der Waals surface area contributed by atoms with Gasteiger partial charge in [-0.1, -0.05) is 53.5 Å². The number of nitrogens with zero attached hydrogens (tertiary/aromatic N) is 3. The number of benzene rings is 3. The van der Waals surface area contributed by atoms with Gasteiger partial charge in [0.05, 0.1) is 48.1 Å². The predicted octanol–water partition coefficient (Wildman–Crippen LogP) is 6.12. The van der Waals surface area contributed by atoms with E-state index in [0.717, 1.165) is 24.6 Å². The average molecular weight is 705 g/mol. The van der Waals surface area contributed by atoms with Crippen molar-refractivity contribution in [3.05, 3.63) is 111 Å². The Morgan fingerprint density at radius 1 is 1.06 bits per heavy atom. The predicted molar refractivity (Wildman–Crippen MR) is 184 cm³/mol. The van der Waals surface area contributed by atoms with Crippen LogP contribution >= 0.6 is 23.2 Å². The zero-order valence-corrected chi connectivity index (χ0v) is 28.1. The summed E-state index contributed by atoms with van der Waals surface area (Å²) in [7, 11) is 1.49. The highest BCUT2D eigenvalue weighted by molar-refractivity contribution is 6.43. The second-order valence-electron chi connectivity index (χ2n) is 11.7. The van der Waals surface area contributed by atoms with E-state index in [2.05, 4.69) is 15.5 Å².